The van der Waals surface area contributed by atoms with Crippen LogP contribution < -0.4 is 0 Å². The van der Waals surface area contributed by atoms with Gasteiger partial charge < -0.3 is 5.11 Å². The Morgan fingerprint density at radius 3 is 2.24 bits per heavy atom. The van der Waals surface area contributed by atoms with E-state index in [-0.39, 0.29) is 5.75 Å². The van der Waals surface area contributed by atoms with Crippen molar-refractivity contribution in [1.29, 1.82) is 0 Å². The average Bonchev–Trinajstić information content (AvgIpc) is 2.34. The maximum Gasteiger partial charge on any atom is 0.117 e. The number of hydrogen-bond acceptors (Lipinski definition) is 1. The van der Waals surface area contributed by atoms with Gasteiger partial charge in [0.1, 0.15) is 5.75 Å². The molecule has 0 aliphatic carbocycles. The Labute approximate surface area is 107 Å². The zero-order valence-electron chi connectivity index (χ0n) is 9.78. The Morgan fingerprint density at radius 2 is 1.65 bits per heavy atom. The maximum absolute atomic E-state index is 9.29. The molecule has 0 saturated carbocycles. The van der Waals surface area contributed by atoms with Gasteiger partial charge in [0.05, 0.1) is 0 Å². The van der Waals surface area contributed by atoms with Crippen molar-refractivity contribution < 1.29 is 5.11 Å². The molecule has 0 bridgehead atoms. The highest BCUT2D eigenvalue weighted by Crippen LogP contribution is 2.24. The highest BCUT2D eigenvalue weighted by Gasteiger charge is 2.03. The van der Waals surface area contributed by atoms with Gasteiger partial charge in [-0.15, -0.1) is 0 Å². The van der Waals surface area contributed by atoms with Gasteiger partial charge in [0, 0.05) is 5.02 Å². The monoisotopic (exact) mass is 246 g/mol. The van der Waals surface area contributed by atoms with Gasteiger partial charge >= 0.3 is 0 Å². The first kappa shape index (κ1) is 12.0. The lowest BCUT2D eigenvalue weighted by Crippen LogP contribution is -1.90. The Balaban J connectivity index is 2.19. The summed E-state index contributed by atoms with van der Waals surface area (Å²) in [5.74, 6) is 0.208. The molecular formula is C15H15ClO. The molecule has 0 aromatic heterocycles. The van der Waals surface area contributed by atoms with Crippen LogP contribution in [0.1, 0.15) is 23.6 Å². The van der Waals surface area contributed by atoms with E-state index < -0.39 is 0 Å². The van der Waals surface area contributed by atoms with Crippen molar-refractivity contribution in [2.45, 2.75) is 19.8 Å². The number of aryl methyl sites for hydroxylation is 1. The standard InChI is InChI=1S/C15H15ClO/c1-2-11-3-5-12(6-4-11)9-13-7-8-14(17)10-15(13)16/h3-8,10,17H,2,9H2,1H3. The summed E-state index contributed by atoms with van der Waals surface area (Å²) < 4.78 is 0. The molecule has 1 nitrogen and oxygen atoms in total. The number of aromatic hydroxyl groups is 1. The van der Waals surface area contributed by atoms with Gasteiger partial charge in [0.25, 0.3) is 0 Å². The van der Waals surface area contributed by atoms with Crippen LogP contribution in [0.2, 0.25) is 5.02 Å². The fourth-order valence-electron chi connectivity index (χ4n) is 1.79. The lowest BCUT2D eigenvalue weighted by atomic mass is 10.0. The molecule has 0 heterocycles. The topological polar surface area (TPSA) is 20.2 Å². The van der Waals surface area contributed by atoms with Crippen LogP contribution >= 0.6 is 11.6 Å². The molecule has 2 aromatic carbocycles. The fraction of sp³-hybridized carbons (Fsp3) is 0.200. The van der Waals surface area contributed by atoms with Crippen molar-refractivity contribution in [2.75, 3.05) is 0 Å². The Kier molecular flexibility index (Phi) is 3.70. The third-order valence-corrected chi connectivity index (χ3v) is 3.21. The van der Waals surface area contributed by atoms with Crippen LogP contribution in [0.25, 0.3) is 0 Å². The van der Waals surface area contributed by atoms with E-state index in [9.17, 15) is 5.11 Å². The van der Waals surface area contributed by atoms with Gasteiger partial charge in [0.15, 0.2) is 0 Å². The summed E-state index contributed by atoms with van der Waals surface area (Å²) in [6, 6.07) is 13.7. The molecule has 0 spiro atoms. The molecule has 0 aliphatic rings. The number of phenols is 1. The van der Waals surface area contributed by atoms with Gasteiger partial charge in [-0.2, -0.15) is 0 Å². The van der Waals surface area contributed by atoms with Crippen LogP contribution in [0, 0.1) is 0 Å². The predicted molar refractivity (Wildman–Crippen MR) is 71.7 cm³/mol. The van der Waals surface area contributed by atoms with Crippen LogP contribution in [0.15, 0.2) is 42.5 Å². The summed E-state index contributed by atoms with van der Waals surface area (Å²) >= 11 is 6.08. The van der Waals surface area contributed by atoms with E-state index in [1.54, 1.807) is 12.1 Å². The van der Waals surface area contributed by atoms with Gasteiger partial charge in [-0.25, -0.2) is 0 Å². The number of rotatable bonds is 3. The molecule has 0 saturated heterocycles. The van der Waals surface area contributed by atoms with Gasteiger partial charge in [-0.3, -0.25) is 0 Å². The van der Waals surface area contributed by atoms with Crippen molar-refractivity contribution in [3.8, 4) is 5.75 Å². The van der Waals surface area contributed by atoms with Gasteiger partial charge in [-0.1, -0.05) is 48.9 Å². The first-order valence-electron chi connectivity index (χ1n) is 5.74. The first-order valence-corrected chi connectivity index (χ1v) is 6.12. The summed E-state index contributed by atoms with van der Waals surface area (Å²) in [7, 11) is 0. The maximum atomic E-state index is 9.29. The Hall–Kier alpha value is -1.47. The normalized spacial score (nSPS) is 10.5. The molecule has 0 atom stereocenters. The molecule has 0 radical (unpaired) electrons. The van der Waals surface area contributed by atoms with Crippen molar-refractivity contribution in [3.63, 3.8) is 0 Å². The van der Waals surface area contributed by atoms with Crippen LogP contribution in [-0.4, -0.2) is 5.11 Å². The second-order valence-corrected chi connectivity index (χ2v) is 4.53. The molecule has 88 valence electrons. The summed E-state index contributed by atoms with van der Waals surface area (Å²) in [5, 5.41) is 9.90. The summed E-state index contributed by atoms with van der Waals surface area (Å²) in [5.41, 5.74) is 3.61. The van der Waals surface area contributed by atoms with Crippen LogP contribution in [0.4, 0.5) is 0 Å². The molecular weight excluding hydrogens is 232 g/mol. The minimum absolute atomic E-state index is 0.208. The largest absolute Gasteiger partial charge is 0.508 e. The van der Waals surface area contributed by atoms with Crippen LogP contribution in [-0.2, 0) is 12.8 Å². The zero-order chi connectivity index (χ0) is 12.3. The highest BCUT2D eigenvalue weighted by atomic mass is 35.5. The SMILES string of the molecule is CCc1ccc(Cc2ccc(O)cc2Cl)cc1. The lowest BCUT2D eigenvalue weighted by molar-refractivity contribution is 0.475. The zero-order valence-corrected chi connectivity index (χ0v) is 10.5. The van der Waals surface area contributed by atoms with E-state index in [2.05, 4.69) is 31.2 Å². The number of phenolic OH excluding ortho intramolecular Hbond substituents is 1. The third-order valence-electron chi connectivity index (χ3n) is 2.86. The molecule has 2 aromatic rings. The molecule has 0 unspecified atom stereocenters. The molecule has 0 fully saturated rings. The summed E-state index contributed by atoms with van der Waals surface area (Å²) in [4.78, 5) is 0. The third kappa shape index (κ3) is 3.01. The second-order valence-electron chi connectivity index (χ2n) is 4.12. The molecule has 0 amide bonds. The number of benzene rings is 2. The fourth-order valence-corrected chi connectivity index (χ4v) is 2.03. The second kappa shape index (κ2) is 5.24. The van der Waals surface area contributed by atoms with Crippen molar-refractivity contribution >= 4 is 11.6 Å². The van der Waals surface area contributed by atoms with Gasteiger partial charge in [0.2, 0.25) is 0 Å². The molecule has 17 heavy (non-hydrogen) atoms. The summed E-state index contributed by atoms with van der Waals surface area (Å²) in [6.45, 7) is 2.14. The number of halogens is 1. The molecule has 2 rings (SSSR count). The molecule has 1 N–H and O–H groups in total. The van der Waals surface area contributed by atoms with E-state index in [1.165, 1.54) is 11.1 Å². The van der Waals surface area contributed by atoms with E-state index >= 15 is 0 Å². The average molecular weight is 247 g/mol. The van der Waals surface area contributed by atoms with Gasteiger partial charge in [-0.05, 0) is 41.7 Å². The van der Waals surface area contributed by atoms with Crippen molar-refractivity contribution in [1.82, 2.24) is 0 Å². The van der Waals surface area contributed by atoms with E-state index in [4.69, 9.17) is 11.6 Å². The predicted octanol–water partition coefficient (Wildman–Crippen LogP) is 4.20. The van der Waals surface area contributed by atoms with Crippen LogP contribution in [0.5, 0.6) is 5.75 Å². The first-order chi connectivity index (χ1) is 8.19. The smallest absolute Gasteiger partial charge is 0.117 e. The van der Waals surface area contributed by atoms with Crippen molar-refractivity contribution in [3.05, 3.63) is 64.2 Å². The van der Waals surface area contributed by atoms with Crippen molar-refractivity contribution in [2.24, 2.45) is 0 Å². The Bertz CT molecular complexity index is 503. The van der Waals surface area contributed by atoms with E-state index in [0.717, 1.165) is 18.4 Å². The molecule has 0 aliphatic heterocycles. The quantitative estimate of drug-likeness (QED) is 0.861. The van der Waals surface area contributed by atoms with Crippen LogP contribution in [0.3, 0.4) is 0 Å². The van der Waals surface area contributed by atoms with E-state index in [0.29, 0.717) is 5.02 Å². The summed E-state index contributed by atoms with van der Waals surface area (Å²) in [6.07, 6.45) is 1.85. The minimum Gasteiger partial charge on any atom is -0.508 e. The Morgan fingerprint density at radius 1 is 1.00 bits per heavy atom. The molecule has 2 heteroatoms. The minimum atomic E-state index is 0.208. The number of hydrogen-bond donors (Lipinski definition) is 1. The van der Waals surface area contributed by atoms with E-state index in [1.807, 2.05) is 6.07 Å². The lowest BCUT2D eigenvalue weighted by Gasteiger charge is -2.06. The highest BCUT2D eigenvalue weighted by molar-refractivity contribution is 6.31.